The number of hydrogen-bond acceptors (Lipinski definition) is 4. The van der Waals surface area contributed by atoms with Crippen LogP contribution < -0.4 is 0 Å². The largest absolute Gasteiger partial charge is 0.392 e. The number of likely N-dealkylation sites (tertiary alicyclic amines) is 1. The molecule has 0 aliphatic carbocycles. The Balaban J connectivity index is 1.97. The fraction of sp³-hybridized carbons (Fsp3) is 0.385. The lowest BCUT2D eigenvalue weighted by molar-refractivity contribution is 0.0935. The van der Waals surface area contributed by atoms with Crippen molar-refractivity contribution in [3.8, 4) is 6.07 Å². The normalized spacial score (nSPS) is 20.1. The maximum Gasteiger partial charge on any atom is 0.176 e. The van der Waals surface area contributed by atoms with Crippen LogP contribution in [0.3, 0.4) is 0 Å². The van der Waals surface area contributed by atoms with E-state index in [0.29, 0.717) is 24.2 Å². The van der Waals surface area contributed by atoms with E-state index >= 15 is 0 Å². The summed E-state index contributed by atoms with van der Waals surface area (Å²) < 4.78 is 0. The Hall–Kier alpha value is -1.70. The summed E-state index contributed by atoms with van der Waals surface area (Å²) in [5.74, 6) is 0.0311. The van der Waals surface area contributed by atoms with Gasteiger partial charge in [0.2, 0.25) is 0 Å². The molecule has 1 unspecified atom stereocenters. The van der Waals surface area contributed by atoms with Crippen molar-refractivity contribution in [1.82, 2.24) is 4.90 Å². The van der Waals surface area contributed by atoms with Crippen molar-refractivity contribution in [1.29, 1.82) is 5.26 Å². The third-order valence-corrected chi connectivity index (χ3v) is 2.95. The van der Waals surface area contributed by atoms with E-state index in [1.165, 1.54) is 0 Å². The maximum absolute atomic E-state index is 11.9. The summed E-state index contributed by atoms with van der Waals surface area (Å²) in [5.41, 5.74) is 1.17. The summed E-state index contributed by atoms with van der Waals surface area (Å²) in [5, 5.41) is 18.0. The molecule has 1 saturated heterocycles. The van der Waals surface area contributed by atoms with Gasteiger partial charge < -0.3 is 5.11 Å². The van der Waals surface area contributed by atoms with Crippen LogP contribution in [0, 0.1) is 11.3 Å². The number of benzene rings is 1. The molecule has 1 aromatic carbocycles. The second kappa shape index (κ2) is 5.09. The average Bonchev–Trinajstić information content (AvgIpc) is 2.75. The van der Waals surface area contributed by atoms with Crippen molar-refractivity contribution < 1.29 is 9.90 Å². The molecule has 0 spiro atoms. The van der Waals surface area contributed by atoms with Crippen molar-refractivity contribution in [2.45, 2.75) is 12.5 Å². The van der Waals surface area contributed by atoms with Gasteiger partial charge in [-0.1, -0.05) is 12.1 Å². The first kappa shape index (κ1) is 11.8. The highest BCUT2D eigenvalue weighted by molar-refractivity contribution is 5.97. The predicted octanol–water partition coefficient (Wildman–Crippen LogP) is 0.808. The van der Waals surface area contributed by atoms with Gasteiger partial charge in [-0.05, 0) is 18.6 Å². The number of aliphatic hydroxyl groups is 1. The molecule has 0 amide bonds. The fourth-order valence-corrected chi connectivity index (χ4v) is 1.98. The van der Waals surface area contributed by atoms with Crippen LogP contribution in [0.15, 0.2) is 24.3 Å². The lowest BCUT2D eigenvalue weighted by Gasteiger charge is -2.13. The Bertz CT molecular complexity index is 447. The van der Waals surface area contributed by atoms with E-state index in [0.717, 1.165) is 13.0 Å². The van der Waals surface area contributed by atoms with Gasteiger partial charge in [-0.3, -0.25) is 9.69 Å². The van der Waals surface area contributed by atoms with Crippen molar-refractivity contribution in [3.05, 3.63) is 35.4 Å². The van der Waals surface area contributed by atoms with Crippen LogP contribution in [0.5, 0.6) is 0 Å². The number of nitriles is 1. The summed E-state index contributed by atoms with van der Waals surface area (Å²) in [6.07, 6.45) is 0.435. The quantitative estimate of drug-likeness (QED) is 0.780. The third kappa shape index (κ3) is 2.90. The van der Waals surface area contributed by atoms with Crippen molar-refractivity contribution in [2.75, 3.05) is 19.6 Å². The summed E-state index contributed by atoms with van der Waals surface area (Å²) in [6, 6.07) is 8.66. The molecule has 1 N–H and O–H groups in total. The third-order valence-electron chi connectivity index (χ3n) is 2.95. The number of rotatable bonds is 3. The van der Waals surface area contributed by atoms with Crippen LogP contribution >= 0.6 is 0 Å². The number of hydrogen-bond donors (Lipinski definition) is 1. The molecule has 4 heteroatoms. The van der Waals surface area contributed by atoms with E-state index in [1.54, 1.807) is 24.3 Å². The lowest BCUT2D eigenvalue weighted by Crippen LogP contribution is -2.28. The van der Waals surface area contributed by atoms with Gasteiger partial charge in [-0.15, -0.1) is 0 Å². The molecule has 4 nitrogen and oxygen atoms in total. The minimum absolute atomic E-state index is 0.0311. The molecule has 17 heavy (non-hydrogen) atoms. The standard InChI is InChI=1S/C13H14N2O2/c14-7-10-1-3-11(4-2-10)13(17)9-15-6-5-12(16)8-15/h1-4,12,16H,5-6,8-9H2. The van der Waals surface area contributed by atoms with Gasteiger partial charge in [0.1, 0.15) is 0 Å². The highest BCUT2D eigenvalue weighted by Crippen LogP contribution is 2.11. The van der Waals surface area contributed by atoms with Crippen LogP contribution in [0.1, 0.15) is 22.3 Å². The number of ketones is 1. The molecule has 88 valence electrons. The summed E-state index contributed by atoms with van der Waals surface area (Å²) in [4.78, 5) is 13.9. The molecule has 1 aliphatic rings. The van der Waals surface area contributed by atoms with Crippen LogP contribution in [0.4, 0.5) is 0 Å². The Kier molecular flexibility index (Phi) is 3.52. The molecule has 2 rings (SSSR count). The van der Waals surface area contributed by atoms with E-state index in [9.17, 15) is 9.90 Å². The zero-order valence-corrected chi connectivity index (χ0v) is 9.47. The second-order valence-corrected chi connectivity index (χ2v) is 4.29. The van der Waals surface area contributed by atoms with Crippen molar-refractivity contribution in [3.63, 3.8) is 0 Å². The predicted molar refractivity (Wildman–Crippen MR) is 62.6 cm³/mol. The number of carbonyl (C=O) groups excluding carboxylic acids is 1. The highest BCUT2D eigenvalue weighted by Gasteiger charge is 2.22. The SMILES string of the molecule is N#Cc1ccc(C(=O)CN2CCC(O)C2)cc1. The minimum atomic E-state index is -0.302. The molecule has 1 atom stereocenters. The van der Waals surface area contributed by atoms with Crippen LogP contribution in [0.25, 0.3) is 0 Å². The molecule has 1 aliphatic heterocycles. The lowest BCUT2D eigenvalue weighted by atomic mass is 10.1. The molecule has 1 heterocycles. The van der Waals surface area contributed by atoms with Crippen LogP contribution in [0.2, 0.25) is 0 Å². The van der Waals surface area contributed by atoms with Crippen LogP contribution in [-0.2, 0) is 0 Å². The zero-order chi connectivity index (χ0) is 12.3. The smallest absolute Gasteiger partial charge is 0.176 e. The summed E-state index contributed by atoms with van der Waals surface area (Å²) in [6.45, 7) is 1.67. The highest BCUT2D eigenvalue weighted by atomic mass is 16.3. The molecule has 1 aromatic rings. The molecule has 1 fully saturated rings. The first-order valence-corrected chi connectivity index (χ1v) is 5.63. The van der Waals surface area contributed by atoms with E-state index in [-0.39, 0.29) is 11.9 Å². The topological polar surface area (TPSA) is 64.3 Å². The number of nitrogens with zero attached hydrogens (tertiary/aromatic N) is 2. The van der Waals surface area contributed by atoms with Crippen LogP contribution in [-0.4, -0.2) is 41.5 Å². The van der Waals surface area contributed by atoms with Crippen molar-refractivity contribution >= 4 is 5.78 Å². The first-order chi connectivity index (χ1) is 8.19. The molecular formula is C13H14N2O2. The van der Waals surface area contributed by atoms with E-state index < -0.39 is 0 Å². The van der Waals surface area contributed by atoms with Crippen molar-refractivity contribution in [2.24, 2.45) is 0 Å². The Morgan fingerprint density at radius 2 is 2.18 bits per heavy atom. The summed E-state index contributed by atoms with van der Waals surface area (Å²) in [7, 11) is 0. The monoisotopic (exact) mass is 230 g/mol. The number of carbonyl (C=O) groups is 1. The van der Waals surface area contributed by atoms with Gasteiger partial charge in [0, 0.05) is 18.7 Å². The molecule has 0 saturated carbocycles. The van der Waals surface area contributed by atoms with Gasteiger partial charge in [0.25, 0.3) is 0 Å². The molecule has 0 bridgehead atoms. The minimum Gasteiger partial charge on any atom is -0.392 e. The fourth-order valence-electron chi connectivity index (χ4n) is 1.98. The maximum atomic E-state index is 11.9. The second-order valence-electron chi connectivity index (χ2n) is 4.29. The molecular weight excluding hydrogens is 216 g/mol. The first-order valence-electron chi connectivity index (χ1n) is 5.63. The molecule has 0 radical (unpaired) electrons. The van der Waals surface area contributed by atoms with E-state index in [1.807, 2.05) is 11.0 Å². The van der Waals surface area contributed by atoms with E-state index in [2.05, 4.69) is 0 Å². The summed E-state index contributed by atoms with van der Waals surface area (Å²) >= 11 is 0. The average molecular weight is 230 g/mol. The number of aliphatic hydroxyl groups excluding tert-OH is 1. The number of β-amino-alcohol motifs (C(OH)–C–C–N with tert-alkyl or cyclic N) is 1. The van der Waals surface area contributed by atoms with Gasteiger partial charge in [-0.25, -0.2) is 0 Å². The van der Waals surface area contributed by atoms with Gasteiger partial charge in [0.15, 0.2) is 5.78 Å². The zero-order valence-electron chi connectivity index (χ0n) is 9.47. The Morgan fingerprint density at radius 3 is 2.71 bits per heavy atom. The Labute approximate surface area is 100 Å². The molecule has 0 aromatic heterocycles. The van der Waals surface area contributed by atoms with Gasteiger partial charge in [0.05, 0.1) is 24.3 Å². The van der Waals surface area contributed by atoms with Gasteiger partial charge >= 0.3 is 0 Å². The number of Topliss-reactive ketones (excluding diaryl/α,β-unsaturated/α-hetero) is 1. The Morgan fingerprint density at radius 1 is 1.47 bits per heavy atom. The van der Waals surface area contributed by atoms with E-state index in [4.69, 9.17) is 5.26 Å². The van der Waals surface area contributed by atoms with Gasteiger partial charge in [-0.2, -0.15) is 5.26 Å².